The number of anilines is 1. The lowest BCUT2D eigenvalue weighted by Crippen LogP contribution is -2.59. The topological polar surface area (TPSA) is 59.9 Å². The molecule has 0 aliphatic carbocycles. The van der Waals surface area contributed by atoms with Gasteiger partial charge in [-0.25, -0.2) is 4.98 Å². The highest BCUT2D eigenvalue weighted by Gasteiger charge is 2.45. The van der Waals surface area contributed by atoms with Crippen molar-refractivity contribution in [1.82, 2.24) is 14.8 Å². The van der Waals surface area contributed by atoms with Gasteiger partial charge in [0.15, 0.2) is 0 Å². The number of carbonyl (C=O) groups is 1. The predicted octanol–water partition coefficient (Wildman–Crippen LogP) is 1.07. The number of aromatic nitrogens is 1. The fraction of sp³-hybridized carbons (Fsp3) is 0.667. The summed E-state index contributed by atoms with van der Waals surface area (Å²) in [5.41, 5.74) is 0.439. The van der Waals surface area contributed by atoms with E-state index in [4.69, 9.17) is 0 Å². The smallest absolute Gasteiger partial charge is 0.255 e. The highest BCUT2D eigenvalue weighted by Crippen LogP contribution is 2.38. The Hall–Kier alpha value is -1.66. The van der Waals surface area contributed by atoms with Gasteiger partial charge < -0.3 is 19.8 Å². The maximum atomic E-state index is 12.9. The lowest BCUT2D eigenvalue weighted by atomic mass is 9.71. The third kappa shape index (κ3) is 3.26. The molecule has 2 aliphatic heterocycles. The van der Waals surface area contributed by atoms with Gasteiger partial charge in [0.05, 0.1) is 11.7 Å². The van der Waals surface area contributed by atoms with E-state index in [1.165, 1.54) is 0 Å². The summed E-state index contributed by atoms with van der Waals surface area (Å²) in [6.07, 6.45) is 4.05. The van der Waals surface area contributed by atoms with Gasteiger partial charge in [-0.05, 0) is 38.4 Å². The van der Waals surface area contributed by atoms with Gasteiger partial charge in [-0.1, -0.05) is 0 Å². The molecule has 0 radical (unpaired) electrons. The van der Waals surface area contributed by atoms with E-state index in [0.717, 1.165) is 44.7 Å². The number of piperidine rings is 2. The molecule has 3 rings (SSSR count). The maximum Gasteiger partial charge on any atom is 0.255 e. The first-order valence-corrected chi connectivity index (χ1v) is 8.70. The van der Waals surface area contributed by atoms with Crippen LogP contribution in [0.1, 0.15) is 29.6 Å². The lowest BCUT2D eigenvalue weighted by molar-refractivity contribution is -0.0731. The second kappa shape index (κ2) is 6.69. The van der Waals surface area contributed by atoms with Crippen molar-refractivity contribution in [2.45, 2.75) is 25.4 Å². The van der Waals surface area contributed by atoms with E-state index in [1.807, 2.05) is 36.0 Å². The van der Waals surface area contributed by atoms with Gasteiger partial charge in [0, 0.05) is 51.9 Å². The standard InChI is InChI=1S/C18H28N4O2/c1-20(2)16-6-5-14(11-19-16)17(24)22-9-4-8-18(13-22)12-21(3)10-7-15(18)23/h5-6,11,15,23H,4,7-10,12-13H2,1-3H3/t15-,18-/m0/s1. The SMILES string of the molecule is CN1CC[C@H](O)[C@@]2(CCCN(C(=O)c3ccc(N(C)C)nc3)C2)C1. The summed E-state index contributed by atoms with van der Waals surface area (Å²) in [4.78, 5) is 23.3. The van der Waals surface area contributed by atoms with Crippen LogP contribution in [0.4, 0.5) is 5.82 Å². The summed E-state index contributed by atoms with van der Waals surface area (Å²) < 4.78 is 0. The molecule has 3 heterocycles. The Balaban J connectivity index is 1.75. The van der Waals surface area contributed by atoms with Gasteiger partial charge in [0.1, 0.15) is 5.82 Å². The van der Waals surface area contributed by atoms with Crippen LogP contribution in [-0.2, 0) is 0 Å². The Labute approximate surface area is 144 Å². The zero-order chi connectivity index (χ0) is 17.3. The highest BCUT2D eigenvalue weighted by molar-refractivity contribution is 5.94. The first kappa shape index (κ1) is 17.2. The maximum absolute atomic E-state index is 12.9. The van der Waals surface area contributed by atoms with E-state index >= 15 is 0 Å². The molecule has 0 unspecified atom stereocenters. The van der Waals surface area contributed by atoms with Crippen LogP contribution in [-0.4, -0.2) is 79.2 Å². The molecule has 1 spiro atoms. The third-order valence-corrected chi connectivity index (χ3v) is 5.42. The molecule has 24 heavy (non-hydrogen) atoms. The van der Waals surface area contributed by atoms with E-state index in [-0.39, 0.29) is 17.4 Å². The van der Waals surface area contributed by atoms with Gasteiger partial charge in [0.2, 0.25) is 0 Å². The third-order valence-electron chi connectivity index (χ3n) is 5.42. The van der Waals surface area contributed by atoms with E-state index in [1.54, 1.807) is 6.20 Å². The monoisotopic (exact) mass is 332 g/mol. The van der Waals surface area contributed by atoms with Crippen molar-refractivity contribution in [3.63, 3.8) is 0 Å². The Morgan fingerprint density at radius 3 is 2.79 bits per heavy atom. The van der Waals surface area contributed by atoms with E-state index in [0.29, 0.717) is 12.1 Å². The zero-order valence-corrected chi connectivity index (χ0v) is 14.9. The number of aliphatic hydroxyl groups excluding tert-OH is 1. The van der Waals surface area contributed by atoms with Crippen LogP contribution in [0.3, 0.4) is 0 Å². The molecule has 0 bridgehead atoms. The van der Waals surface area contributed by atoms with Crippen molar-refractivity contribution in [3.8, 4) is 0 Å². The minimum absolute atomic E-state index is 0.0207. The van der Waals surface area contributed by atoms with Crippen LogP contribution in [0.15, 0.2) is 18.3 Å². The number of aliphatic hydroxyl groups is 1. The molecule has 0 saturated carbocycles. The van der Waals surface area contributed by atoms with Crippen molar-refractivity contribution < 1.29 is 9.90 Å². The number of amides is 1. The fourth-order valence-electron chi connectivity index (χ4n) is 4.07. The van der Waals surface area contributed by atoms with E-state index in [9.17, 15) is 9.90 Å². The van der Waals surface area contributed by atoms with Crippen molar-refractivity contribution in [2.24, 2.45) is 5.41 Å². The van der Waals surface area contributed by atoms with Gasteiger partial charge in [-0.15, -0.1) is 0 Å². The second-order valence-electron chi connectivity index (χ2n) is 7.53. The molecule has 2 aliphatic rings. The zero-order valence-electron chi connectivity index (χ0n) is 14.9. The fourth-order valence-corrected chi connectivity index (χ4v) is 4.07. The van der Waals surface area contributed by atoms with Crippen LogP contribution >= 0.6 is 0 Å². The van der Waals surface area contributed by atoms with E-state index in [2.05, 4.69) is 16.9 Å². The van der Waals surface area contributed by atoms with Crippen molar-refractivity contribution >= 4 is 11.7 Å². The van der Waals surface area contributed by atoms with Crippen molar-refractivity contribution in [2.75, 3.05) is 52.2 Å². The van der Waals surface area contributed by atoms with Crippen LogP contribution in [0.25, 0.3) is 0 Å². The molecule has 2 fully saturated rings. The first-order chi connectivity index (χ1) is 11.4. The summed E-state index contributed by atoms with van der Waals surface area (Å²) >= 11 is 0. The Morgan fingerprint density at radius 1 is 1.33 bits per heavy atom. The van der Waals surface area contributed by atoms with Crippen LogP contribution in [0, 0.1) is 5.41 Å². The quantitative estimate of drug-likeness (QED) is 0.878. The number of likely N-dealkylation sites (tertiary alicyclic amines) is 2. The molecule has 2 saturated heterocycles. The summed E-state index contributed by atoms with van der Waals surface area (Å²) in [6.45, 7) is 3.17. The Morgan fingerprint density at radius 2 is 2.12 bits per heavy atom. The molecule has 0 aromatic carbocycles. The first-order valence-electron chi connectivity index (χ1n) is 8.70. The van der Waals surface area contributed by atoms with Crippen LogP contribution < -0.4 is 4.90 Å². The molecule has 1 N–H and O–H groups in total. The second-order valence-corrected chi connectivity index (χ2v) is 7.53. The van der Waals surface area contributed by atoms with Crippen molar-refractivity contribution in [3.05, 3.63) is 23.9 Å². The molecule has 1 amide bonds. The molecular formula is C18H28N4O2. The Kier molecular flexibility index (Phi) is 4.78. The largest absolute Gasteiger partial charge is 0.392 e. The number of nitrogens with zero attached hydrogens (tertiary/aromatic N) is 4. The molecule has 2 atom stereocenters. The molecule has 6 nitrogen and oxygen atoms in total. The van der Waals surface area contributed by atoms with Gasteiger partial charge in [0.25, 0.3) is 5.91 Å². The predicted molar refractivity (Wildman–Crippen MR) is 94.3 cm³/mol. The summed E-state index contributed by atoms with van der Waals surface area (Å²) in [5.74, 6) is 0.860. The molecule has 6 heteroatoms. The molecule has 1 aromatic heterocycles. The number of hydrogen-bond acceptors (Lipinski definition) is 5. The minimum atomic E-state index is -0.321. The number of carbonyl (C=O) groups excluding carboxylic acids is 1. The van der Waals surface area contributed by atoms with Gasteiger partial charge >= 0.3 is 0 Å². The van der Waals surface area contributed by atoms with Gasteiger partial charge in [-0.2, -0.15) is 0 Å². The molecule has 132 valence electrons. The van der Waals surface area contributed by atoms with Crippen molar-refractivity contribution in [1.29, 1.82) is 0 Å². The summed E-state index contributed by atoms with van der Waals surface area (Å²) in [5, 5.41) is 10.6. The molecule has 1 aromatic rings. The number of rotatable bonds is 2. The minimum Gasteiger partial charge on any atom is -0.392 e. The lowest BCUT2D eigenvalue weighted by Gasteiger charge is -2.50. The number of pyridine rings is 1. The van der Waals surface area contributed by atoms with Crippen LogP contribution in [0.2, 0.25) is 0 Å². The average Bonchev–Trinajstić information content (AvgIpc) is 2.58. The summed E-state index contributed by atoms with van der Waals surface area (Å²) in [7, 11) is 5.96. The highest BCUT2D eigenvalue weighted by atomic mass is 16.3. The summed E-state index contributed by atoms with van der Waals surface area (Å²) in [6, 6.07) is 3.71. The van der Waals surface area contributed by atoms with Crippen LogP contribution in [0.5, 0.6) is 0 Å². The van der Waals surface area contributed by atoms with Gasteiger partial charge in [-0.3, -0.25) is 4.79 Å². The average molecular weight is 332 g/mol. The number of hydrogen-bond donors (Lipinski definition) is 1. The normalized spacial score (nSPS) is 28.2. The molecular weight excluding hydrogens is 304 g/mol. The van der Waals surface area contributed by atoms with E-state index < -0.39 is 0 Å². The Bertz CT molecular complexity index is 589.